The van der Waals surface area contributed by atoms with Crippen molar-refractivity contribution in [3.05, 3.63) is 87.4 Å². The number of nitrogens with zero attached hydrogens (tertiary/aromatic N) is 1. The normalized spacial score (nSPS) is 16.7. The van der Waals surface area contributed by atoms with E-state index < -0.39 is 23.5 Å². The van der Waals surface area contributed by atoms with Gasteiger partial charge < -0.3 is 19.3 Å². The Bertz CT molecular complexity index is 1440. The summed E-state index contributed by atoms with van der Waals surface area (Å²) < 4.78 is 16.6. The lowest BCUT2D eigenvalue weighted by Gasteiger charge is -2.26. The van der Waals surface area contributed by atoms with Crippen molar-refractivity contribution in [3.8, 4) is 17.2 Å². The van der Waals surface area contributed by atoms with Gasteiger partial charge in [0.1, 0.15) is 23.0 Å². The number of Topliss-reactive ketones (excluding diaryl/α,β-unsaturated/α-hetero) is 1. The number of hydrogen-bond acceptors (Lipinski definition) is 6. The van der Waals surface area contributed by atoms with E-state index in [1.807, 2.05) is 39.8 Å². The molecule has 0 aromatic heterocycles. The first-order valence-corrected chi connectivity index (χ1v) is 12.5. The maximum absolute atomic E-state index is 13.6. The fraction of sp³-hybridized carbons (Fsp3) is 0.267. The van der Waals surface area contributed by atoms with Crippen molar-refractivity contribution in [2.45, 2.75) is 39.8 Å². The molecule has 198 valence electrons. The number of ether oxygens (including phenoxy) is 3. The van der Waals surface area contributed by atoms with E-state index in [9.17, 15) is 14.7 Å². The third-order valence-electron chi connectivity index (χ3n) is 6.49. The van der Waals surface area contributed by atoms with Crippen molar-refractivity contribution in [1.82, 2.24) is 0 Å². The quantitative estimate of drug-likeness (QED) is 0.214. The van der Waals surface area contributed by atoms with Gasteiger partial charge in [-0.25, -0.2) is 0 Å². The fourth-order valence-corrected chi connectivity index (χ4v) is 4.75. The Morgan fingerprint density at radius 1 is 0.947 bits per heavy atom. The highest BCUT2D eigenvalue weighted by molar-refractivity contribution is 6.51. The van der Waals surface area contributed by atoms with Gasteiger partial charge in [-0.2, -0.15) is 0 Å². The predicted octanol–water partition coefficient (Wildman–Crippen LogP) is 6.39. The van der Waals surface area contributed by atoms with Gasteiger partial charge in [0.05, 0.1) is 42.5 Å². The molecule has 0 radical (unpaired) electrons. The van der Waals surface area contributed by atoms with E-state index in [1.54, 1.807) is 30.3 Å². The molecule has 0 saturated carbocycles. The summed E-state index contributed by atoms with van der Waals surface area (Å²) in [5, 5.41) is 11.8. The summed E-state index contributed by atoms with van der Waals surface area (Å²) in [5.74, 6) is -0.838. The van der Waals surface area contributed by atoms with Crippen LogP contribution in [0.5, 0.6) is 17.2 Å². The molecular formula is C30H30ClNO6. The van der Waals surface area contributed by atoms with E-state index >= 15 is 0 Å². The zero-order chi connectivity index (χ0) is 27.7. The Labute approximate surface area is 227 Å². The number of hydrogen-bond donors (Lipinski definition) is 1. The summed E-state index contributed by atoms with van der Waals surface area (Å²) in [7, 11) is 2.89. The third kappa shape index (κ3) is 4.94. The first kappa shape index (κ1) is 27.1. The molecular weight excluding hydrogens is 506 g/mol. The molecule has 1 unspecified atom stereocenters. The third-order valence-corrected chi connectivity index (χ3v) is 6.78. The smallest absolute Gasteiger partial charge is 0.300 e. The Kier molecular flexibility index (Phi) is 7.69. The molecule has 3 aromatic carbocycles. The number of carbonyl (C=O) groups excluding carboxylic acids is 2. The number of amides is 1. The molecule has 3 aromatic rings. The van der Waals surface area contributed by atoms with Gasteiger partial charge in [-0.05, 0) is 74.7 Å². The van der Waals surface area contributed by atoms with Crippen LogP contribution in [0.3, 0.4) is 0 Å². The zero-order valence-corrected chi connectivity index (χ0v) is 22.9. The van der Waals surface area contributed by atoms with Crippen molar-refractivity contribution in [1.29, 1.82) is 0 Å². The molecule has 0 bridgehead atoms. The number of aliphatic hydroxyl groups excluding tert-OH is 1. The molecule has 0 aliphatic carbocycles. The molecule has 1 fully saturated rings. The molecule has 1 heterocycles. The fourth-order valence-electron chi connectivity index (χ4n) is 4.51. The monoisotopic (exact) mass is 535 g/mol. The van der Waals surface area contributed by atoms with Crippen LogP contribution in [-0.2, 0) is 9.59 Å². The first-order valence-electron chi connectivity index (χ1n) is 12.1. The predicted molar refractivity (Wildman–Crippen MR) is 147 cm³/mol. The van der Waals surface area contributed by atoms with Gasteiger partial charge in [0.15, 0.2) is 0 Å². The van der Waals surface area contributed by atoms with Crippen LogP contribution in [0, 0.1) is 13.8 Å². The molecule has 7 nitrogen and oxygen atoms in total. The van der Waals surface area contributed by atoms with Crippen LogP contribution in [0.15, 0.2) is 60.2 Å². The van der Waals surface area contributed by atoms with Crippen molar-refractivity contribution in [2.24, 2.45) is 0 Å². The summed E-state index contributed by atoms with van der Waals surface area (Å²) in [6.07, 6.45) is -0.0814. The van der Waals surface area contributed by atoms with Crippen LogP contribution in [-0.4, -0.2) is 37.1 Å². The number of aryl methyl sites for hydroxylation is 2. The van der Waals surface area contributed by atoms with Crippen LogP contribution in [0.2, 0.25) is 5.02 Å². The van der Waals surface area contributed by atoms with Gasteiger partial charge >= 0.3 is 0 Å². The minimum atomic E-state index is -0.932. The van der Waals surface area contributed by atoms with Crippen molar-refractivity contribution in [3.63, 3.8) is 0 Å². The summed E-state index contributed by atoms with van der Waals surface area (Å²) in [6, 6.07) is 14.7. The molecule has 4 rings (SSSR count). The highest BCUT2D eigenvalue weighted by Crippen LogP contribution is 2.45. The minimum absolute atomic E-state index is 0.0814. The molecule has 1 saturated heterocycles. The largest absolute Gasteiger partial charge is 0.507 e. The van der Waals surface area contributed by atoms with E-state index in [0.717, 1.165) is 11.1 Å². The number of ketones is 1. The van der Waals surface area contributed by atoms with Crippen molar-refractivity contribution in [2.75, 3.05) is 19.1 Å². The number of rotatable bonds is 7. The molecule has 38 heavy (non-hydrogen) atoms. The minimum Gasteiger partial charge on any atom is -0.507 e. The topological polar surface area (TPSA) is 85.3 Å². The van der Waals surface area contributed by atoms with Crippen LogP contribution in [0.4, 0.5) is 5.69 Å². The maximum Gasteiger partial charge on any atom is 0.300 e. The molecule has 1 N–H and O–H groups in total. The van der Waals surface area contributed by atoms with Gasteiger partial charge in [-0.3, -0.25) is 14.5 Å². The van der Waals surface area contributed by atoms with Gasteiger partial charge in [0.2, 0.25) is 0 Å². The van der Waals surface area contributed by atoms with Gasteiger partial charge in [-0.15, -0.1) is 0 Å². The second-order valence-corrected chi connectivity index (χ2v) is 9.77. The number of methoxy groups -OCH3 is 2. The lowest BCUT2D eigenvalue weighted by molar-refractivity contribution is -0.132. The molecule has 0 spiro atoms. The maximum atomic E-state index is 13.6. The van der Waals surface area contributed by atoms with E-state index in [0.29, 0.717) is 22.7 Å². The first-order chi connectivity index (χ1) is 18.1. The summed E-state index contributed by atoms with van der Waals surface area (Å²) in [5.41, 5.74) is 3.22. The van der Waals surface area contributed by atoms with Crippen LogP contribution in [0.1, 0.15) is 42.1 Å². The SMILES string of the molecule is COc1cc(OC)c(/C(O)=C2\C(=O)C(=O)N(c3ccc(C)c(C)c3)C2c2cccc(OC(C)C)c2)cc1Cl. The summed E-state index contributed by atoms with van der Waals surface area (Å²) in [4.78, 5) is 28.5. The van der Waals surface area contributed by atoms with Crippen LogP contribution < -0.4 is 19.1 Å². The Morgan fingerprint density at radius 2 is 1.66 bits per heavy atom. The molecule has 1 aliphatic rings. The van der Waals surface area contributed by atoms with E-state index in [4.69, 9.17) is 25.8 Å². The Hall–Kier alpha value is -3.97. The number of anilines is 1. The molecule has 1 amide bonds. The lowest BCUT2D eigenvalue weighted by atomic mass is 9.94. The van der Waals surface area contributed by atoms with Crippen molar-refractivity contribution >= 4 is 34.7 Å². The highest BCUT2D eigenvalue weighted by atomic mass is 35.5. The number of benzene rings is 3. The van der Waals surface area contributed by atoms with Crippen LogP contribution in [0.25, 0.3) is 5.76 Å². The molecule has 8 heteroatoms. The van der Waals surface area contributed by atoms with E-state index in [2.05, 4.69) is 0 Å². The number of halogens is 1. The average Bonchev–Trinajstić information content (AvgIpc) is 3.15. The van der Waals surface area contributed by atoms with E-state index in [-0.39, 0.29) is 28.0 Å². The van der Waals surface area contributed by atoms with Gasteiger partial charge in [0, 0.05) is 11.8 Å². The zero-order valence-electron chi connectivity index (χ0n) is 22.2. The lowest BCUT2D eigenvalue weighted by Crippen LogP contribution is -2.29. The van der Waals surface area contributed by atoms with E-state index in [1.165, 1.54) is 31.3 Å². The number of aliphatic hydroxyl groups is 1. The van der Waals surface area contributed by atoms with Crippen molar-refractivity contribution < 1.29 is 28.9 Å². The van der Waals surface area contributed by atoms with Crippen LogP contribution >= 0.6 is 11.6 Å². The number of carbonyl (C=O) groups is 2. The summed E-state index contributed by atoms with van der Waals surface area (Å²) >= 11 is 6.36. The standard InChI is InChI=1S/C30H30ClNO6/c1-16(2)38-21-9-7-8-19(13-21)27-26(28(33)22-14-23(31)25(37-6)15-24(22)36-5)29(34)30(35)32(27)20-11-10-17(3)18(4)12-20/h7-16,27,33H,1-6H3/b28-26+. The summed E-state index contributed by atoms with van der Waals surface area (Å²) in [6.45, 7) is 7.73. The second-order valence-electron chi connectivity index (χ2n) is 9.36. The average molecular weight is 536 g/mol. The van der Waals surface area contributed by atoms with Gasteiger partial charge in [0.25, 0.3) is 11.7 Å². The Morgan fingerprint density at radius 3 is 2.29 bits per heavy atom. The molecule has 1 aliphatic heterocycles. The molecule has 1 atom stereocenters. The highest BCUT2D eigenvalue weighted by Gasteiger charge is 2.47. The van der Waals surface area contributed by atoms with Gasteiger partial charge in [-0.1, -0.05) is 29.8 Å². The Balaban J connectivity index is 1.99. The second kappa shape index (κ2) is 10.8.